The van der Waals surface area contributed by atoms with Crippen molar-refractivity contribution in [2.45, 2.75) is 32.9 Å². The minimum atomic E-state index is -0.471. The number of nitrogens with zero attached hydrogens (tertiary/aromatic N) is 3. The quantitative estimate of drug-likeness (QED) is 0.820. The molecule has 0 atom stereocenters. The van der Waals surface area contributed by atoms with Gasteiger partial charge in [-0.1, -0.05) is 18.2 Å². The summed E-state index contributed by atoms with van der Waals surface area (Å²) in [6.45, 7) is 9.22. The van der Waals surface area contributed by atoms with E-state index >= 15 is 0 Å². The maximum absolute atomic E-state index is 13.4. The highest BCUT2D eigenvalue weighted by molar-refractivity contribution is 5.68. The molecule has 3 rings (SSSR count). The normalized spacial score (nSPS) is 15.6. The van der Waals surface area contributed by atoms with Gasteiger partial charge in [-0.2, -0.15) is 0 Å². The van der Waals surface area contributed by atoms with Crippen molar-refractivity contribution in [3.63, 3.8) is 0 Å². The molecule has 1 aromatic carbocycles. The molecular formula is C21H26FN3O2. The van der Waals surface area contributed by atoms with Crippen LogP contribution in [-0.4, -0.2) is 52.7 Å². The molecule has 5 nitrogen and oxygen atoms in total. The molecule has 144 valence electrons. The molecule has 1 amide bonds. The second kappa shape index (κ2) is 8.05. The fourth-order valence-corrected chi connectivity index (χ4v) is 3.00. The third-order valence-electron chi connectivity index (χ3n) is 4.39. The van der Waals surface area contributed by atoms with Crippen LogP contribution in [0.1, 0.15) is 26.5 Å². The van der Waals surface area contributed by atoms with Crippen LogP contribution >= 0.6 is 0 Å². The number of benzene rings is 1. The summed E-state index contributed by atoms with van der Waals surface area (Å²) < 4.78 is 18.8. The fourth-order valence-electron chi connectivity index (χ4n) is 3.00. The molecule has 1 saturated heterocycles. The average Bonchev–Trinajstić information content (AvgIpc) is 2.61. The number of piperazine rings is 1. The van der Waals surface area contributed by atoms with Crippen molar-refractivity contribution in [3.05, 3.63) is 54.1 Å². The lowest BCUT2D eigenvalue weighted by atomic mass is 10.1. The molecule has 27 heavy (non-hydrogen) atoms. The molecular weight excluding hydrogens is 345 g/mol. The van der Waals surface area contributed by atoms with E-state index in [9.17, 15) is 9.18 Å². The van der Waals surface area contributed by atoms with Crippen molar-refractivity contribution >= 4 is 6.09 Å². The van der Waals surface area contributed by atoms with Crippen LogP contribution in [0.3, 0.4) is 0 Å². The lowest BCUT2D eigenvalue weighted by Gasteiger charge is -2.35. The molecule has 0 spiro atoms. The maximum atomic E-state index is 13.4. The van der Waals surface area contributed by atoms with E-state index in [2.05, 4.69) is 9.88 Å². The van der Waals surface area contributed by atoms with Gasteiger partial charge in [-0.25, -0.2) is 9.18 Å². The molecule has 0 radical (unpaired) electrons. The number of pyridine rings is 1. The van der Waals surface area contributed by atoms with Gasteiger partial charge in [-0.05, 0) is 44.5 Å². The average molecular weight is 371 g/mol. The summed E-state index contributed by atoms with van der Waals surface area (Å²) >= 11 is 0. The first kappa shape index (κ1) is 19.3. The van der Waals surface area contributed by atoms with Crippen molar-refractivity contribution in [2.24, 2.45) is 0 Å². The minimum absolute atomic E-state index is 0.250. The molecule has 0 unspecified atom stereocenters. The maximum Gasteiger partial charge on any atom is 0.410 e. The van der Waals surface area contributed by atoms with Crippen molar-refractivity contribution < 1.29 is 13.9 Å². The smallest absolute Gasteiger partial charge is 0.410 e. The highest BCUT2D eigenvalue weighted by Gasteiger charge is 2.25. The number of carbonyl (C=O) groups excluding carboxylic acids is 1. The second-order valence-corrected chi connectivity index (χ2v) is 7.79. The third-order valence-corrected chi connectivity index (χ3v) is 4.39. The Balaban J connectivity index is 1.53. The first-order chi connectivity index (χ1) is 12.8. The van der Waals surface area contributed by atoms with Crippen LogP contribution in [-0.2, 0) is 11.3 Å². The number of ether oxygens (including phenoxy) is 1. The number of halogens is 1. The van der Waals surface area contributed by atoms with Gasteiger partial charge in [0.1, 0.15) is 11.4 Å². The minimum Gasteiger partial charge on any atom is -0.444 e. The van der Waals surface area contributed by atoms with E-state index in [1.807, 2.05) is 39.0 Å². The van der Waals surface area contributed by atoms with E-state index < -0.39 is 5.60 Å². The molecule has 1 aromatic heterocycles. The van der Waals surface area contributed by atoms with Gasteiger partial charge < -0.3 is 9.64 Å². The Labute approximate surface area is 159 Å². The van der Waals surface area contributed by atoms with Crippen LogP contribution in [0.25, 0.3) is 11.1 Å². The molecule has 0 bridgehead atoms. The van der Waals surface area contributed by atoms with Crippen molar-refractivity contribution in [2.75, 3.05) is 26.2 Å². The topological polar surface area (TPSA) is 45.7 Å². The van der Waals surface area contributed by atoms with Gasteiger partial charge in [0, 0.05) is 44.5 Å². The third kappa shape index (κ3) is 5.50. The summed E-state index contributed by atoms with van der Waals surface area (Å²) in [6, 6.07) is 10.4. The molecule has 0 saturated carbocycles. The SMILES string of the molecule is CC(C)(C)OC(=O)N1CCN(Cc2ccc(-c3cccc(F)c3)cn2)CC1. The van der Waals surface area contributed by atoms with E-state index in [1.54, 1.807) is 17.2 Å². The molecule has 0 N–H and O–H groups in total. The zero-order valence-electron chi connectivity index (χ0n) is 16.1. The number of carbonyl (C=O) groups is 1. The highest BCUT2D eigenvalue weighted by Crippen LogP contribution is 2.20. The Hall–Kier alpha value is -2.47. The molecule has 6 heteroatoms. The zero-order valence-corrected chi connectivity index (χ0v) is 16.1. The molecule has 1 fully saturated rings. The Kier molecular flexibility index (Phi) is 5.75. The van der Waals surface area contributed by atoms with E-state index in [-0.39, 0.29) is 11.9 Å². The van der Waals surface area contributed by atoms with Gasteiger partial charge >= 0.3 is 6.09 Å². The lowest BCUT2D eigenvalue weighted by Crippen LogP contribution is -2.49. The Bertz CT molecular complexity index is 779. The van der Waals surface area contributed by atoms with Crippen LogP contribution in [0.15, 0.2) is 42.6 Å². The first-order valence-electron chi connectivity index (χ1n) is 9.21. The molecule has 1 aliphatic heterocycles. The zero-order chi connectivity index (χ0) is 19.4. The molecule has 2 heterocycles. The van der Waals surface area contributed by atoms with Gasteiger partial charge in [0.05, 0.1) is 5.69 Å². The Morgan fingerprint density at radius 2 is 1.85 bits per heavy atom. The van der Waals surface area contributed by atoms with E-state index in [4.69, 9.17) is 4.74 Å². The van der Waals surface area contributed by atoms with Gasteiger partial charge in [0.25, 0.3) is 0 Å². The highest BCUT2D eigenvalue weighted by atomic mass is 19.1. The monoisotopic (exact) mass is 371 g/mol. The van der Waals surface area contributed by atoms with Gasteiger partial charge in [0.2, 0.25) is 0 Å². The van der Waals surface area contributed by atoms with Crippen molar-refractivity contribution in [1.82, 2.24) is 14.8 Å². The predicted molar refractivity (Wildman–Crippen MR) is 103 cm³/mol. The van der Waals surface area contributed by atoms with E-state index in [0.29, 0.717) is 13.1 Å². The van der Waals surface area contributed by atoms with Crippen LogP contribution in [0.4, 0.5) is 9.18 Å². The molecule has 0 aliphatic carbocycles. The Morgan fingerprint density at radius 3 is 2.44 bits per heavy atom. The van der Waals surface area contributed by atoms with E-state index in [0.717, 1.165) is 36.5 Å². The van der Waals surface area contributed by atoms with Crippen LogP contribution < -0.4 is 0 Å². The summed E-state index contributed by atoms with van der Waals surface area (Å²) in [5.74, 6) is -0.251. The van der Waals surface area contributed by atoms with Gasteiger partial charge in [-0.15, -0.1) is 0 Å². The summed E-state index contributed by atoms with van der Waals surface area (Å²) in [5.41, 5.74) is 2.20. The molecule has 2 aromatic rings. The van der Waals surface area contributed by atoms with Crippen molar-refractivity contribution in [1.29, 1.82) is 0 Å². The predicted octanol–water partition coefficient (Wildman–Crippen LogP) is 3.94. The van der Waals surface area contributed by atoms with Crippen LogP contribution in [0, 0.1) is 5.82 Å². The number of aromatic nitrogens is 1. The van der Waals surface area contributed by atoms with Gasteiger partial charge in [0.15, 0.2) is 0 Å². The van der Waals surface area contributed by atoms with E-state index in [1.165, 1.54) is 12.1 Å². The largest absolute Gasteiger partial charge is 0.444 e. The Morgan fingerprint density at radius 1 is 1.11 bits per heavy atom. The van der Waals surface area contributed by atoms with Crippen molar-refractivity contribution in [3.8, 4) is 11.1 Å². The number of rotatable bonds is 3. The first-order valence-corrected chi connectivity index (χ1v) is 9.21. The summed E-state index contributed by atoms with van der Waals surface area (Å²) in [7, 11) is 0. The number of amides is 1. The fraction of sp³-hybridized carbons (Fsp3) is 0.429. The number of hydrogen-bond acceptors (Lipinski definition) is 4. The second-order valence-electron chi connectivity index (χ2n) is 7.79. The summed E-state index contributed by atoms with van der Waals surface area (Å²) in [5, 5.41) is 0. The lowest BCUT2D eigenvalue weighted by molar-refractivity contribution is 0.0138. The van der Waals surface area contributed by atoms with Crippen LogP contribution in [0.5, 0.6) is 0 Å². The van der Waals surface area contributed by atoms with Gasteiger partial charge in [-0.3, -0.25) is 9.88 Å². The van der Waals surface area contributed by atoms with Crippen LogP contribution in [0.2, 0.25) is 0 Å². The standard InChI is InChI=1S/C21H26FN3O2/c1-21(2,3)27-20(26)25-11-9-24(10-12-25)15-19-8-7-17(14-23-19)16-5-4-6-18(22)13-16/h4-8,13-14H,9-12,15H2,1-3H3. The molecule has 1 aliphatic rings. The summed E-state index contributed by atoms with van der Waals surface area (Å²) in [4.78, 5) is 20.7. The summed E-state index contributed by atoms with van der Waals surface area (Å²) in [6.07, 6.45) is 1.53. The number of hydrogen-bond donors (Lipinski definition) is 0.